The van der Waals surface area contributed by atoms with Crippen molar-refractivity contribution >= 4 is 30.2 Å². The molecule has 0 radical (unpaired) electrons. The zero-order chi connectivity index (χ0) is 23.5. The minimum absolute atomic E-state index is 0. The van der Waals surface area contributed by atoms with E-state index in [0.717, 1.165) is 22.0 Å². The molecule has 172 valence electrons. The lowest BCUT2D eigenvalue weighted by atomic mass is 9.96. The number of aliphatic hydroxyl groups is 1. The predicted octanol–water partition coefficient (Wildman–Crippen LogP) is 2.62. The van der Waals surface area contributed by atoms with Gasteiger partial charge in [-0.3, -0.25) is 15.1 Å². The van der Waals surface area contributed by atoms with E-state index in [1.54, 1.807) is 32.3 Å². The molecule has 4 rings (SSSR count). The second kappa shape index (κ2) is 10.5. The monoisotopic (exact) mass is 466 g/mol. The molecule has 0 bridgehead atoms. The van der Waals surface area contributed by atoms with E-state index in [2.05, 4.69) is 42.5 Å². The lowest BCUT2D eigenvalue weighted by Crippen LogP contribution is -2.16. The summed E-state index contributed by atoms with van der Waals surface area (Å²) < 4.78 is 8.04. The van der Waals surface area contributed by atoms with Crippen LogP contribution in [0.15, 0.2) is 53.8 Å². The Kier molecular flexibility index (Phi) is 7.28. The first-order valence-corrected chi connectivity index (χ1v) is 10.3. The summed E-state index contributed by atoms with van der Waals surface area (Å²) in [6.07, 6.45) is 2.14. The van der Waals surface area contributed by atoms with Crippen molar-refractivity contribution in [1.29, 1.82) is 0 Å². The van der Waals surface area contributed by atoms with Gasteiger partial charge in [0.1, 0.15) is 24.2 Å². The summed E-state index contributed by atoms with van der Waals surface area (Å²) in [6.45, 7) is 4.25. The molecule has 3 aromatic heterocycles. The number of aliphatic hydroxyl groups excluding tert-OH is 1. The number of aromatic amines is 1. The molecule has 0 amide bonds. The molecular weight excluding hydrogens is 438 g/mol. The van der Waals surface area contributed by atoms with Crippen LogP contribution in [0.4, 0.5) is 5.82 Å². The number of rotatable bonds is 7. The van der Waals surface area contributed by atoms with Crippen LogP contribution in [0.3, 0.4) is 0 Å². The summed E-state index contributed by atoms with van der Waals surface area (Å²) in [5.41, 5.74) is 2.66. The molecule has 10 heteroatoms. The summed E-state index contributed by atoms with van der Waals surface area (Å²) in [5.74, 6) is 0.979. The summed E-state index contributed by atoms with van der Waals surface area (Å²) in [7, 11) is 1.70. The summed E-state index contributed by atoms with van der Waals surface area (Å²) >= 11 is 0. The third-order valence-corrected chi connectivity index (χ3v) is 5.30. The molecule has 2 atom stereocenters. The number of benzene rings is 1. The molecular formula is C23H27N7O2S. The first-order chi connectivity index (χ1) is 15.9. The third kappa shape index (κ3) is 5.19. The van der Waals surface area contributed by atoms with Crippen LogP contribution in [0.5, 0.6) is 0 Å². The van der Waals surface area contributed by atoms with Gasteiger partial charge in [0.2, 0.25) is 0 Å². The number of aryl methyl sites for hydroxylation is 1. The van der Waals surface area contributed by atoms with Crippen molar-refractivity contribution in [1.82, 2.24) is 30.2 Å². The Hall–Kier alpha value is -3.34. The largest absolute Gasteiger partial charge is 0.374 e. The van der Waals surface area contributed by atoms with Crippen LogP contribution in [0, 0.1) is 6.92 Å². The molecule has 9 nitrogen and oxygen atoms in total. The van der Waals surface area contributed by atoms with E-state index in [1.165, 1.54) is 6.33 Å². The van der Waals surface area contributed by atoms with Crippen molar-refractivity contribution in [2.45, 2.75) is 26.0 Å². The predicted molar refractivity (Wildman–Crippen MR) is 134 cm³/mol. The van der Waals surface area contributed by atoms with Crippen molar-refractivity contribution < 1.29 is 6.48 Å². The fourth-order valence-electron chi connectivity index (χ4n) is 3.59. The second-order valence-corrected chi connectivity index (χ2v) is 7.54. The Morgan fingerprint density at radius 1 is 1.18 bits per heavy atom. The maximum absolute atomic E-state index is 12.3. The van der Waals surface area contributed by atoms with Gasteiger partial charge in [0.05, 0.1) is 18.1 Å². The number of H-pyrrole nitrogens is 1. The van der Waals surface area contributed by atoms with E-state index >= 15 is 0 Å². The Balaban J connectivity index is 0.00000324. The SMILES string of the molecule is S.[2H]c1nc(C)[nH]c(=O)c1-c1cc(NC[C@@H](C)c2cccc3c(C(O)NC)ccnc23)ncn1. The number of anilines is 1. The van der Waals surface area contributed by atoms with Gasteiger partial charge in [0.25, 0.3) is 5.56 Å². The molecule has 4 N–H and O–H groups in total. The number of aromatic nitrogens is 5. The van der Waals surface area contributed by atoms with Crippen molar-refractivity contribution in [3.05, 3.63) is 76.3 Å². The highest BCUT2D eigenvalue weighted by atomic mass is 32.1. The zero-order valence-corrected chi connectivity index (χ0v) is 19.5. The highest BCUT2D eigenvalue weighted by Gasteiger charge is 2.15. The van der Waals surface area contributed by atoms with Crippen LogP contribution in [0.1, 0.15) is 37.4 Å². The molecule has 0 fully saturated rings. The molecule has 0 saturated carbocycles. The number of para-hydroxylation sites is 1. The van der Waals surface area contributed by atoms with Gasteiger partial charge in [-0.2, -0.15) is 13.5 Å². The van der Waals surface area contributed by atoms with Crippen molar-refractivity contribution in [3.8, 4) is 11.3 Å². The molecule has 1 unspecified atom stereocenters. The highest BCUT2D eigenvalue weighted by Crippen LogP contribution is 2.28. The van der Waals surface area contributed by atoms with E-state index in [-0.39, 0.29) is 31.1 Å². The Morgan fingerprint density at radius 3 is 2.76 bits per heavy atom. The molecule has 33 heavy (non-hydrogen) atoms. The van der Waals surface area contributed by atoms with Gasteiger partial charge in [-0.25, -0.2) is 15.0 Å². The molecule has 4 aromatic rings. The molecule has 0 spiro atoms. The van der Waals surface area contributed by atoms with Gasteiger partial charge >= 0.3 is 0 Å². The smallest absolute Gasteiger partial charge is 0.260 e. The van der Waals surface area contributed by atoms with Crippen LogP contribution in [-0.4, -0.2) is 43.6 Å². The van der Waals surface area contributed by atoms with Gasteiger partial charge in [0, 0.05) is 41.8 Å². The topological polar surface area (TPSA) is 129 Å². The zero-order valence-electron chi connectivity index (χ0n) is 19.5. The quantitative estimate of drug-likeness (QED) is 0.306. The van der Waals surface area contributed by atoms with E-state index in [9.17, 15) is 9.90 Å². The van der Waals surface area contributed by atoms with Crippen molar-refractivity contribution in [3.63, 3.8) is 0 Å². The fraction of sp³-hybridized carbons (Fsp3) is 0.261. The van der Waals surface area contributed by atoms with Crippen LogP contribution < -0.4 is 16.2 Å². The molecule has 3 heterocycles. The maximum Gasteiger partial charge on any atom is 0.260 e. The second-order valence-electron chi connectivity index (χ2n) is 7.54. The van der Waals surface area contributed by atoms with Crippen LogP contribution in [0.2, 0.25) is 0 Å². The third-order valence-electron chi connectivity index (χ3n) is 5.30. The lowest BCUT2D eigenvalue weighted by Gasteiger charge is -2.18. The summed E-state index contributed by atoms with van der Waals surface area (Å²) in [5, 5.41) is 17.3. The summed E-state index contributed by atoms with van der Waals surface area (Å²) in [6, 6.07) is 9.36. The maximum atomic E-state index is 12.3. The number of nitrogens with one attached hydrogen (secondary N) is 3. The molecule has 0 aliphatic heterocycles. The molecule has 0 aliphatic carbocycles. The summed E-state index contributed by atoms with van der Waals surface area (Å²) in [4.78, 5) is 31.9. The van der Waals surface area contributed by atoms with Gasteiger partial charge < -0.3 is 15.4 Å². The Morgan fingerprint density at radius 2 is 2.00 bits per heavy atom. The molecule has 0 saturated heterocycles. The van der Waals surface area contributed by atoms with E-state index in [0.29, 0.717) is 23.9 Å². The average Bonchev–Trinajstić information content (AvgIpc) is 2.81. The lowest BCUT2D eigenvalue weighted by molar-refractivity contribution is 0.151. The number of hydrogen-bond donors (Lipinski definition) is 4. The highest BCUT2D eigenvalue weighted by molar-refractivity contribution is 7.59. The number of fused-ring (bicyclic) bond motifs is 1. The van der Waals surface area contributed by atoms with Crippen LogP contribution in [0.25, 0.3) is 22.2 Å². The van der Waals surface area contributed by atoms with Gasteiger partial charge in [-0.1, -0.05) is 25.1 Å². The Bertz CT molecular complexity index is 1360. The van der Waals surface area contributed by atoms with Crippen LogP contribution >= 0.6 is 13.5 Å². The van der Waals surface area contributed by atoms with E-state index < -0.39 is 11.8 Å². The number of nitrogens with zero attached hydrogens (tertiary/aromatic N) is 4. The normalized spacial score (nSPS) is 13.2. The minimum Gasteiger partial charge on any atom is -0.374 e. The van der Waals surface area contributed by atoms with Gasteiger partial charge in [-0.15, -0.1) is 0 Å². The number of hydrogen-bond acceptors (Lipinski definition) is 8. The first-order valence-electron chi connectivity index (χ1n) is 10.8. The van der Waals surface area contributed by atoms with Gasteiger partial charge in [-0.05, 0) is 25.6 Å². The first kappa shape index (κ1) is 22.8. The molecule has 1 aromatic carbocycles. The van der Waals surface area contributed by atoms with Gasteiger partial charge in [0.15, 0.2) is 0 Å². The number of pyridine rings is 1. The van der Waals surface area contributed by atoms with E-state index in [1.807, 2.05) is 18.2 Å². The molecule has 0 aliphatic rings. The average molecular weight is 467 g/mol. The van der Waals surface area contributed by atoms with Crippen LogP contribution in [-0.2, 0) is 0 Å². The van der Waals surface area contributed by atoms with Crippen molar-refractivity contribution in [2.24, 2.45) is 0 Å². The van der Waals surface area contributed by atoms with E-state index in [4.69, 9.17) is 1.37 Å². The Labute approximate surface area is 199 Å². The standard InChI is InChI=1S/C23H25N7O2.H2S/c1-13(15-5-4-6-16-17(22(31)24-3)7-8-25-21(15)16)10-27-20-9-19(28-12-29-20)18-11-26-14(2)30-23(18)32;/h4-9,11-13,22,24,31H,10H2,1-3H3,(H,26,30,32)(H,27,28,29);1H2/t13-,22?;/m1./s1/i11D;. The minimum atomic E-state index is -0.778. The van der Waals surface area contributed by atoms with Crippen molar-refractivity contribution in [2.75, 3.05) is 18.9 Å². The fourth-order valence-corrected chi connectivity index (χ4v) is 3.59.